The van der Waals surface area contributed by atoms with Gasteiger partial charge in [0, 0.05) is 187 Å². The van der Waals surface area contributed by atoms with Gasteiger partial charge in [0.2, 0.25) is 23.8 Å². The summed E-state index contributed by atoms with van der Waals surface area (Å²) >= 11 is 0. The number of carbonyl (C=O) groups is 1. The van der Waals surface area contributed by atoms with Crippen molar-refractivity contribution in [3.05, 3.63) is 213 Å². The highest BCUT2D eigenvalue weighted by Gasteiger charge is 2.33. The van der Waals surface area contributed by atoms with Crippen molar-refractivity contribution in [3.63, 3.8) is 0 Å². The van der Waals surface area contributed by atoms with E-state index >= 15 is 0 Å². The maximum atomic E-state index is 14.4. The van der Waals surface area contributed by atoms with E-state index in [1.165, 1.54) is 36.8 Å². The van der Waals surface area contributed by atoms with E-state index < -0.39 is 0 Å². The summed E-state index contributed by atoms with van der Waals surface area (Å²) < 4.78 is 13.5. The molecule has 0 spiro atoms. The molecule has 1 aliphatic carbocycles. The van der Waals surface area contributed by atoms with E-state index in [0.29, 0.717) is 114 Å². The quantitative estimate of drug-likeness (QED) is 0.0295. The first-order chi connectivity index (χ1) is 63.0. The average Bonchev–Trinajstić information content (AvgIpc) is 1.58. The molecule has 8 fully saturated rings. The van der Waals surface area contributed by atoms with Crippen molar-refractivity contribution in [1.82, 2.24) is 88.3 Å². The molecule has 14 heterocycles. The Morgan fingerprint density at radius 2 is 1.06 bits per heavy atom. The number of carbonyl (C=O) groups excluding carboxylic acids is 1. The molecule has 7 aromatic heterocycles. The monoisotopic (exact) mass is 1740 g/mol. The molecule has 8 N–H and O–H groups in total. The number of likely N-dealkylation sites (tertiary alicyclic amines) is 4. The first-order valence-corrected chi connectivity index (χ1v) is 46.9. The van der Waals surface area contributed by atoms with Gasteiger partial charge in [-0.25, -0.2) is 19.9 Å². The van der Waals surface area contributed by atoms with Crippen LogP contribution in [0.1, 0.15) is 151 Å². The number of nitrogens with one attached hydrogen (secondary N) is 8. The molecular weight excluding hydrogens is 1620 g/mol. The smallest absolute Gasteiger partial charge is 0.263 e. The van der Waals surface area contributed by atoms with Crippen LogP contribution in [0, 0.1) is 0 Å². The molecule has 0 radical (unpaired) electrons. The van der Waals surface area contributed by atoms with Crippen LogP contribution < -0.4 is 59.2 Å². The van der Waals surface area contributed by atoms with Crippen molar-refractivity contribution >= 4 is 91.0 Å². The molecule has 129 heavy (non-hydrogen) atoms. The molecule has 5 unspecified atom stereocenters. The fourth-order valence-electron chi connectivity index (χ4n) is 20.1. The molecule has 1 saturated carbocycles. The number of hydrogen-bond donors (Lipinski definition) is 8. The second-order valence-electron chi connectivity index (χ2n) is 36.9. The highest BCUT2D eigenvalue weighted by Crippen LogP contribution is 2.40. The predicted octanol–water partition coefficient (Wildman–Crippen LogP) is 14.6. The first-order valence-electron chi connectivity index (χ1n) is 46.9. The SMILES string of the molecule is CC(=O)N1CCC(c2ccc(-c3cc4cnc(Nc5ccc(NC6CCN(C)C6)cc5)nc4n(CCN(C)C)c3=O)cc2)C1.CN1CCC(n2ccnc2-c2cc3cnc(Nc4ccc(NC5CCCNC5)cc4)nc3n(C3CCCC3)c2=O)CC1.CN1CCCCC1c1ccccc1-c1cc2cnc(Nc3ccc(NC4CCNCC4)cc3)nc2n(C2CCOC2)c1=O. The Labute approximate surface area is 754 Å². The van der Waals surface area contributed by atoms with Gasteiger partial charge in [-0.3, -0.25) is 37.8 Å². The van der Waals surface area contributed by atoms with Crippen LogP contribution >= 0.6 is 0 Å². The van der Waals surface area contributed by atoms with Crippen LogP contribution in [-0.4, -0.2) is 229 Å². The number of piperidine rings is 4. The Kier molecular flexibility index (Phi) is 27.5. The summed E-state index contributed by atoms with van der Waals surface area (Å²) in [5.74, 6) is 2.60. The molecule has 5 atom stereocenters. The van der Waals surface area contributed by atoms with Crippen molar-refractivity contribution in [1.29, 1.82) is 0 Å². The van der Waals surface area contributed by atoms with Crippen LogP contribution in [0.5, 0.6) is 0 Å². The minimum absolute atomic E-state index is 0.00735. The molecule has 20 rings (SSSR count). The molecule has 12 aromatic rings. The van der Waals surface area contributed by atoms with Crippen LogP contribution in [0.15, 0.2) is 185 Å². The lowest BCUT2D eigenvalue weighted by Crippen LogP contribution is -2.38. The Balaban J connectivity index is 0.000000130. The van der Waals surface area contributed by atoms with Gasteiger partial charge in [-0.1, -0.05) is 67.8 Å². The van der Waals surface area contributed by atoms with E-state index in [4.69, 9.17) is 24.7 Å². The van der Waals surface area contributed by atoms with Crippen LogP contribution in [0.25, 0.3) is 66.7 Å². The van der Waals surface area contributed by atoms with Crippen molar-refractivity contribution in [2.75, 3.05) is 159 Å². The minimum atomic E-state index is -0.0756. The van der Waals surface area contributed by atoms with Crippen LogP contribution in [0.4, 0.5) is 52.0 Å². The standard InChI is InChI=1S/C34H42N8O2.C34H41N7O2.C32H41N9O/c1-23(43)41-16-13-26(21-41)24-5-7-25(8-6-24)31-19-27-20-35-34(38-32(27)42(33(31)44)18-17-39(2)3)37-29-11-9-28(10-12-29)36-30-14-15-40(4)22-30;1-40-18-5-4-8-31(40)29-7-3-2-6-28(29)30-20-23-21-36-34(39-32(23)41(33(30)42)27-15-19-43-22-27)38-25-11-9-24(10-12-25)37-26-13-16-35-17-14-26;1-39-16-12-26(13-17-39)40-18-15-34-30(40)28-19-22-20-35-32(38-29(22)41(31(28)42)27-6-2-3-7-27)37-24-10-8-23(9-11-24)36-25-5-4-14-33-21-25/h5-12,19-20,26,30,36H,13-18,21-22H2,1-4H3,(H,35,37,38);2-3,6-7,9-12,20-21,26-27,31,35,37H,4-5,8,13-19,22H2,1H3,(H,36,38,39);8-11,15,18-20,25-27,33,36H,2-7,12-14,16-17,21H2,1H3,(H,35,37,38). The van der Waals surface area contributed by atoms with Gasteiger partial charge >= 0.3 is 0 Å². The fraction of sp³-hybridized carbons (Fsp3) is 0.450. The average molecular weight is 1740 g/mol. The highest BCUT2D eigenvalue weighted by atomic mass is 16.5. The number of aromatic nitrogens is 11. The number of likely N-dealkylation sites (N-methyl/N-ethyl adjacent to an activating group) is 2. The van der Waals surface area contributed by atoms with Gasteiger partial charge < -0.3 is 71.4 Å². The molecule has 674 valence electrons. The lowest BCUT2D eigenvalue weighted by Gasteiger charge is -2.34. The molecule has 29 heteroatoms. The third kappa shape index (κ3) is 20.7. The summed E-state index contributed by atoms with van der Waals surface area (Å²) in [4.78, 5) is 98.7. The Morgan fingerprint density at radius 1 is 0.488 bits per heavy atom. The molecule has 8 aliphatic rings. The Hall–Kier alpha value is -11.8. The van der Waals surface area contributed by atoms with Crippen LogP contribution in [0.3, 0.4) is 0 Å². The Bertz CT molecular complexity index is 6050. The second-order valence-corrected chi connectivity index (χ2v) is 36.9. The summed E-state index contributed by atoms with van der Waals surface area (Å²) in [6.07, 6.45) is 26.7. The van der Waals surface area contributed by atoms with E-state index in [-0.39, 0.29) is 34.7 Å². The third-order valence-corrected chi connectivity index (χ3v) is 27.4. The maximum Gasteiger partial charge on any atom is 0.263 e. The van der Waals surface area contributed by atoms with E-state index in [2.05, 4.69) is 170 Å². The number of anilines is 9. The molecule has 7 saturated heterocycles. The van der Waals surface area contributed by atoms with Crippen molar-refractivity contribution in [3.8, 4) is 33.6 Å². The molecular formula is C100H124N24O5. The number of benzene rings is 5. The number of imidazole rings is 1. The molecule has 0 bridgehead atoms. The minimum Gasteiger partial charge on any atom is -0.382 e. The molecule has 29 nitrogen and oxygen atoms in total. The normalized spacial score (nSPS) is 20.4. The molecule has 7 aliphatic heterocycles. The first kappa shape index (κ1) is 87.8. The molecule has 5 aromatic carbocycles. The number of ether oxygens (including phenoxy) is 1. The van der Waals surface area contributed by atoms with Gasteiger partial charge in [-0.15, -0.1) is 0 Å². The van der Waals surface area contributed by atoms with Gasteiger partial charge in [-0.2, -0.15) is 15.0 Å². The summed E-state index contributed by atoms with van der Waals surface area (Å²) in [7, 11) is 10.5. The molecule has 1 amide bonds. The number of pyridine rings is 3. The topological polar surface area (TPSA) is 300 Å². The van der Waals surface area contributed by atoms with Crippen molar-refractivity contribution < 1.29 is 9.53 Å². The fourth-order valence-corrected chi connectivity index (χ4v) is 20.1. The van der Waals surface area contributed by atoms with Gasteiger partial charge in [-0.05, 0) is 278 Å². The zero-order chi connectivity index (χ0) is 88.4. The van der Waals surface area contributed by atoms with E-state index in [9.17, 15) is 19.2 Å². The van der Waals surface area contributed by atoms with E-state index in [1.807, 2.05) is 126 Å². The zero-order valence-electron chi connectivity index (χ0n) is 75.4. The lowest BCUT2D eigenvalue weighted by atomic mass is 9.89. The van der Waals surface area contributed by atoms with E-state index in [0.717, 1.165) is 216 Å². The predicted molar refractivity (Wildman–Crippen MR) is 516 cm³/mol. The summed E-state index contributed by atoms with van der Waals surface area (Å²) in [5, 5.41) is 30.3. The van der Waals surface area contributed by atoms with Gasteiger partial charge in [0.05, 0.1) is 18.2 Å². The van der Waals surface area contributed by atoms with Gasteiger partial charge in [0.1, 0.15) is 22.8 Å². The third-order valence-electron chi connectivity index (χ3n) is 27.4. The largest absolute Gasteiger partial charge is 0.382 e. The zero-order valence-corrected chi connectivity index (χ0v) is 75.4. The lowest BCUT2D eigenvalue weighted by molar-refractivity contribution is -0.127. The van der Waals surface area contributed by atoms with Gasteiger partial charge in [0.25, 0.3) is 16.7 Å². The van der Waals surface area contributed by atoms with Crippen LogP contribution in [-0.2, 0) is 16.1 Å². The number of hydrogen-bond acceptors (Lipinski definition) is 24. The summed E-state index contributed by atoms with van der Waals surface area (Å²) in [6.45, 7) is 15.1. The number of rotatable bonds is 23. The van der Waals surface area contributed by atoms with Crippen molar-refractivity contribution in [2.24, 2.45) is 0 Å². The van der Waals surface area contributed by atoms with Gasteiger partial charge in [0.15, 0.2) is 0 Å². The summed E-state index contributed by atoms with van der Waals surface area (Å²) in [6, 6.07) is 49.3. The van der Waals surface area contributed by atoms with Crippen molar-refractivity contribution in [2.45, 2.75) is 164 Å². The van der Waals surface area contributed by atoms with E-state index in [1.54, 1.807) is 17.7 Å². The summed E-state index contributed by atoms with van der Waals surface area (Å²) in [5.41, 5.74) is 14.1. The number of nitrogens with zero attached hydrogens (tertiary/aromatic N) is 16. The number of amides is 1. The second kappa shape index (κ2) is 40.5. The number of fused-ring (bicyclic) bond motifs is 3. The highest BCUT2D eigenvalue weighted by molar-refractivity contribution is 5.85. The maximum absolute atomic E-state index is 14.4. The Morgan fingerprint density at radius 3 is 1.65 bits per heavy atom. The van der Waals surface area contributed by atoms with Crippen LogP contribution in [0.2, 0.25) is 0 Å².